The van der Waals surface area contributed by atoms with Crippen molar-refractivity contribution in [2.24, 2.45) is 11.8 Å². The maximum atomic E-state index is 12.4. The van der Waals surface area contributed by atoms with E-state index in [2.05, 4.69) is 0 Å². The fourth-order valence-corrected chi connectivity index (χ4v) is 3.70. The predicted octanol–water partition coefficient (Wildman–Crippen LogP) is 1.21. The van der Waals surface area contributed by atoms with Gasteiger partial charge in [-0.25, -0.2) is 0 Å². The van der Waals surface area contributed by atoms with E-state index >= 15 is 0 Å². The average molecular weight is 294 g/mol. The molecule has 0 saturated carbocycles. The van der Waals surface area contributed by atoms with Crippen molar-refractivity contribution in [3.05, 3.63) is 16.8 Å². The number of rotatable bonds is 4. The summed E-state index contributed by atoms with van der Waals surface area (Å²) < 4.78 is 4.93. The highest BCUT2D eigenvalue weighted by atomic mass is 32.1. The van der Waals surface area contributed by atoms with Crippen LogP contribution in [0.1, 0.15) is 6.42 Å². The van der Waals surface area contributed by atoms with Crippen LogP contribution < -0.4 is 4.90 Å². The molecule has 0 radical (unpaired) electrons. The number of carbonyl (C=O) groups is 2. The molecule has 2 amide bonds. The quantitative estimate of drug-likeness (QED) is 0.838. The molecule has 0 spiro atoms. The number of nitrogens with zero attached hydrogens (tertiary/aromatic N) is 2. The van der Waals surface area contributed by atoms with Crippen LogP contribution in [0.2, 0.25) is 0 Å². The van der Waals surface area contributed by atoms with Crippen molar-refractivity contribution in [3.63, 3.8) is 0 Å². The minimum absolute atomic E-state index is 0.0265. The van der Waals surface area contributed by atoms with E-state index in [0.29, 0.717) is 26.1 Å². The molecule has 0 bridgehead atoms. The number of hydrogen-bond acceptors (Lipinski definition) is 4. The van der Waals surface area contributed by atoms with Gasteiger partial charge in [0.05, 0.1) is 24.6 Å². The number of methoxy groups -OCH3 is 1. The van der Waals surface area contributed by atoms with E-state index in [0.717, 1.165) is 12.2 Å². The Labute approximate surface area is 122 Å². The van der Waals surface area contributed by atoms with Crippen LogP contribution in [0.15, 0.2) is 16.8 Å². The van der Waals surface area contributed by atoms with Crippen LogP contribution in [0.3, 0.4) is 0 Å². The molecule has 0 aromatic carbocycles. The largest absolute Gasteiger partial charge is 0.384 e. The molecule has 3 rings (SSSR count). The zero-order valence-electron chi connectivity index (χ0n) is 11.4. The number of likely N-dealkylation sites (tertiary alicyclic amines) is 1. The molecule has 2 aliphatic rings. The van der Waals surface area contributed by atoms with Crippen LogP contribution in [-0.4, -0.2) is 50.1 Å². The first kappa shape index (κ1) is 13.6. The van der Waals surface area contributed by atoms with Gasteiger partial charge < -0.3 is 14.5 Å². The Kier molecular flexibility index (Phi) is 3.76. The standard InChI is InChI=1S/C14H18N2O3S/c1-19-4-2-13(17)15-6-10-7-16(11-3-5-20-9-11)14(18)12(10)8-15/h3,5,9-10,12H,2,4,6-8H2,1H3/t10-,12+/m0/s1. The summed E-state index contributed by atoms with van der Waals surface area (Å²) in [4.78, 5) is 28.1. The molecule has 0 aliphatic carbocycles. The Balaban J connectivity index is 1.63. The van der Waals surface area contributed by atoms with Crippen LogP contribution in [0.4, 0.5) is 5.69 Å². The van der Waals surface area contributed by atoms with E-state index in [4.69, 9.17) is 4.74 Å². The normalized spacial score (nSPS) is 25.4. The number of anilines is 1. The Hall–Kier alpha value is -1.40. The molecule has 1 aromatic heterocycles. The maximum absolute atomic E-state index is 12.4. The highest BCUT2D eigenvalue weighted by Crippen LogP contribution is 2.35. The highest BCUT2D eigenvalue weighted by molar-refractivity contribution is 7.08. The lowest BCUT2D eigenvalue weighted by atomic mass is 10.0. The molecular formula is C14H18N2O3S. The van der Waals surface area contributed by atoms with Crippen molar-refractivity contribution in [1.82, 2.24) is 4.90 Å². The van der Waals surface area contributed by atoms with Crippen LogP contribution in [-0.2, 0) is 14.3 Å². The lowest BCUT2D eigenvalue weighted by Crippen LogP contribution is -2.35. The third-order valence-corrected chi connectivity index (χ3v) is 4.80. The third-order valence-electron chi connectivity index (χ3n) is 4.13. The lowest BCUT2D eigenvalue weighted by Gasteiger charge is -2.21. The summed E-state index contributed by atoms with van der Waals surface area (Å²) in [6.45, 7) is 2.43. The summed E-state index contributed by atoms with van der Waals surface area (Å²) in [6, 6.07) is 1.98. The van der Waals surface area contributed by atoms with E-state index in [1.807, 2.05) is 26.6 Å². The number of hydrogen-bond donors (Lipinski definition) is 0. The first-order valence-electron chi connectivity index (χ1n) is 6.81. The number of fused-ring (bicyclic) bond motifs is 1. The molecular weight excluding hydrogens is 276 g/mol. The van der Waals surface area contributed by atoms with Gasteiger partial charge in [-0.2, -0.15) is 11.3 Å². The molecule has 2 aliphatic heterocycles. The average Bonchev–Trinajstić information content (AvgIpc) is 3.13. The fraction of sp³-hybridized carbons (Fsp3) is 0.571. The van der Waals surface area contributed by atoms with Crippen molar-refractivity contribution in [2.75, 3.05) is 38.3 Å². The summed E-state index contributed by atoms with van der Waals surface area (Å²) in [5.41, 5.74) is 0.992. The van der Waals surface area contributed by atoms with E-state index in [1.54, 1.807) is 18.4 Å². The van der Waals surface area contributed by atoms with Crippen molar-refractivity contribution in [1.29, 1.82) is 0 Å². The van der Waals surface area contributed by atoms with Gasteiger partial charge in [0.25, 0.3) is 0 Å². The van der Waals surface area contributed by atoms with Gasteiger partial charge in [0, 0.05) is 38.0 Å². The minimum Gasteiger partial charge on any atom is -0.384 e. The molecule has 6 heteroatoms. The van der Waals surface area contributed by atoms with E-state index in [1.165, 1.54) is 0 Å². The molecule has 2 atom stereocenters. The van der Waals surface area contributed by atoms with Crippen molar-refractivity contribution in [2.45, 2.75) is 6.42 Å². The predicted molar refractivity (Wildman–Crippen MR) is 76.7 cm³/mol. The summed E-state index contributed by atoms with van der Waals surface area (Å²) in [6.07, 6.45) is 0.401. The van der Waals surface area contributed by atoms with E-state index in [-0.39, 0.29) is 23.7 Å². The summed E-state index contributed by atoms with van der Waals surface area (Å²) in [5, 5.41) is 3.98. The molecule has 2 saturated heterocycles. The Morgan fingerprint density at radius 1 is 1.45 bits per heavy atom. The maximum Gasteiger partial charge on any atom is 0.232 e. The number of carbonyl (C=O) groups excluding carboxylic acids is 2. The molecule has 2 fully saturated rings. The van der Waals surface area contributed by atoms with Gasteiger partial charge in [0.15, 0.2) is 0 Å². The molecule has 108 valence electrons. The van der Waals surface area contributed by atoms with Crippen LogP contribution >= 0.6 is 11.3 Å². The van der Waals surface area contributed by atoms with E-state index in [9.17, 15) is 9.59 Å². The van der Waals surface area contributed by atoms with Crippen LogP contribution in [0, 0.1) is 11.8 Å². The Morgan fingerprint density at radius 2 is 2.30 bits per heavy atom. The molecule has 0 N–H and O–H groups in total. The Morgan fingerprint density at radius 3 is 2.95 bits per heavy atom. The van der Waals surface area contributed by atoms with Gasteiger partial charge in [-0.05, 0) is 11.4 Å². The van der Waals surface area contributed by atoms with Gasteiger partial charge in [0.1, 0.15) is 0 Å². The summed E-state index contributed by atoms with van der Waals surface area (Å²) in [7, 11) is 1.59. The van der Waals surface area contributed by atoms with E-state index < -0.39 is 0 Å². The minimum atomic E-state index is -0.0265. The molecule has 0 unspecified atom stereocenters. The number of ether oxygens (including phenoxy) is 1. The first-order chi connectivity index (χ1) is 9.70. The van der Waals surface area contributed by atoms with Crippen molar-refractivity contribution < 1.29 is 14.3 Å². The van der Waals surface area contributed by atoms with Crippen LogP contribution in [0.5, 0.6) is 0 Å². The Bertz CT molecular complexity index is 503. The summed E-state index contributed by atoms with van der Waals surface area (Å²) >= 11 is 1.60. The second kappa shape index (κ2) is 5.54. The highest BCUT2D eigenvalue weighted by Gasteiger charge is 2.47. The second-order valence-corrected chi connectivity index (χ2v) is 6.12. The number of amides is 2. The zero-order valence-corrected chi connectivity index (χ0v) is 12.3. The lowest BCUT2D eigenvalue weighted by molar-refractivity contribution is -0.131. The topological polar surface area (TPSA) is 49.9 Å². The van der Waals surface area contributed by atoms with Crippen molar-refractivity contribution >= 4 is 28.8 Å². The van der Waals surface area contributed by atoms with Gasteiger partial charge in [-0.1, -0.05) is 0 Å². The smallest absolute Gasteiger partial charge is 0.232 e. The third kappa shape index (κ3) is 2.33. The molecule has 5 nitrogen and oxygen atoms in total. The zero-order chi connectivity index (χ0) is 14.1. The second-order valence-electron chi connectivity index (χ2n) is 5.34. The monoisotopic (exact) mass is 294 g/mol. The SMILES string of the molecule is COCCC(=O)N1C[C@H]2CN(c3ccsc3)C(=O)[C@@H]2C1. The number of thiophene rings is 1. The molecule has 3 heterocycles. The molecule has 20 heavy (non-hydrogen) atoms. The van der Waals surface area contributed by atoms with Crippen molar-refractivity contribution in [3.8, 4) is 0 Å². The van der Waals surface area contributed by atoms with Gasteiger partial charge in [-0.15, -0.1) is 0 Å². The first-order valence-corrected chi connectivity index (χ1v) is 7.75. The fourth-order valence-electron chi connectivity index (χ4n) is 3.06. The van der Waals surface area contributed by atoms with Gasteiger partial charge in [0.2, 0.25) is 11.8 Å². The van der Waals surface area contributed by atoms with Gasteiger partial charge >= 0.3 is 0 Å². The van der Waals surface area contributed by atoms with Crippen LogP contribution in [0.25, 0.3) is 0 Å². The summed E-state index contributed by atoms with van der Waals surface area (Å²) in [5.74, 6) is 0.502. The van der Waals surface area contributed by atoms with Gasteiger partial charge in [-0.3, -0.25) is 9.59 Å². The molecule has 1 aromatic rings.